The smallest absolute Gasteiger partial charge is 0.115 e. The minimum absolute atomic E-state index is 0.832. The van der Waals surface area contributed by atoms with Gasteiger partial charge in [0.15, 0.2) is 0 Å². The molecule has 0 unspecified atom stereocenters. The highest BCUT2D eigenvalue weighted by Crippen LogP contribution is 2.43. The number of hydrogen-bond donors (Lipinski definition) is 0. The van der Waals surface area contributed by atoms with Crippen LogP contribution >= 0.6 is 21.6 Å². The lowest BCUT2D eigenvalue weighted by atomic mass is 10.4. The second kappa shape index (κ2) is 4.36. The lowest BCUT2D eigenvalue weighted by molar-refractivity contribution is 0.246. The van der Waals surface area contributed by atoms with Crippen LogP contribution in [0.3, 0.4) is 0 Å². The van der Waals surface area contributed by atoms with E-state index >= 15 is 0 Å². The number of ether oxygens (including phenoxy) is 1. The van der Waals surface area contributed by atoms with Crippen molar-refractivity contribution >= 4 is 21.6 Å². The Morgan fingerprint density at radius 1 is 1.29 bits per heavy atom. The minimum atomic E-state index is 0.832. The van der Waals surface area contributed by atoms with Gasteiger partial charge < -0.3 is 9.15 Å². The molecule has 4 heteroatoms. The summed E-state index contributed by atoms with van der Waals surface area (Å²) >= 11 is 0. The molecule has 0 amide bonds. The molecule has 0 saturated heterocycles. The Morgan fingerprint density at radius 2 is 2.14 bits per heavy atom. The molecule has 1 aliphatic rings. The van der Waals surface area contributed by atoms with Gasteiger partial charge in [-0.2, -0.15) is 0 Å². The van der Waals surface area contributed by atoms with Crippen LogP contribution < -0.4 is 0 Å². The largest absolute Gasteiger partial charge is 0.497 e. The quantitative estimate of drug-likeness (QED) is 0.730. The lowest BCUT2D eigenvalue weighted by Gasteiger charge is -1.99. The molecule has 2 nitrogen and oxygen atoms in total. The van der Waals surface area contributed by atoms with Crippen molar-refractivity contribution in [1.82, 2.24) is 0 Å². The monoisotopic (exact) mass is 228 g/mol. The fourth-order valence-electron chi connectivity index (χ4n) is 1.21. The highest BCUT2D eigenvalue weighted by Gasteiger charge is 2.14. The summed E-state index contributed by atoms with van der Waals surface area (Å²) < 4.78 is 10.6. The molecule has 1 aliphatic heterocycles. The van der Waals surface area contributed by atoms with Gasteiger partial charge in [0.05, 0.1) is 17.8 Å². The SMILES string of the molecule is CC1=C(SSc2ccoc2C)CCO1. The Labute approximate surface area is 91.5 Å². The van der Waals surface area contributed by atoms with E-state index in [4.69, 9.17) is 9.15 Å². The first-order chi connectivity index (χ1) is 6.77. The first-order valence-corrected chi connectivity index (χ1v) is 6.63. The predicted octanol–water partition coefficient (Wildman–Crippen LogP) is 3.98. The molecule has 2 rings (SSSR count). The number of allylic oxidation sites excluding steroid dienone is 1. The van der Waals surface area contributed by atoms with Crippen molar-refractivity contribution in [2.45, 2.75) is 25.2 Å². The van der Waals surface area contributed by atoms with Crippen molar-refractivity contribution < 1.29 is 9.15 Å². The molecule has 2 heterocycles. The Morgan fingerprint density at radius 3 is 2.71 bits per heavy atom. The van der Waals surface area contributed by atoms with E-state index in [0.717, 1.165) is 24.5 Å². The zero-order valence-electron chi connectivity index (χ0n) is 8.20. The Bertz CT molecular complexity index is 355. The molecule has 1 aromatic heterocycles. The zero-order valence-corrected chi connectivity index (χ0v) is 9.83. The summed E-state index contributed by atoms with van der Waals surface area (Å²) in [4.78, 5) is 2.54. The van der Waals surface area contributed by atoms with E-state index in [0.29, 0.717) is 0 Å². The van der Waals surface area contributed by atoms with Gasteiger partial charge in [-0.05, 0) is 30.7 Å². The van der Waals surface area contributed by atoms with E-state index in [9.17, 15) is 0 Å². The standard InChI is InChI=1S/C10H12O2S2/c1-7-9(3-5-11-7)13-14-10-4-6-12-8(10)2/h3,5H,4,6H2,1-2H3. The van der Waals surface area contributed by atoms with E-state index in [2.05, 4.69) is 0 Å². The number of hydrogen-bond acceptors (Lipinski definition) is 4. The van der Waals surface area contributed by atoms with Crippen molar-refractivity contribution in [2.24, 2.45) is 0 Å². The van der Waals surface area contributed by atoms with Gasteiger partial charge in [0.1, 0.15) is 11.5 Å². The second-order valence-corrected chi connectivity index (χ2v) is 5.35. The molecule has 0 aromatic carbocycles. The maximum absolute atomic E-state index is 5.39. The molecular formula is C10H12O2S2. The normalized spacial score (nSPS) is 16.1. The molecule has 0 bridgehead atoms. The molecular weight excluding hydrogens is 216 g/mol. The van der Waals surface area contributed by atoms with E-state index < -0.39 is 0 Å². The summed E-state index contributed by atoms with van der Waals surface area (Å²) in [7, 11) is 3.52. The molecule has 0 spiro atoms. The molecule has 0 aliphatic carbocycles. The van der Waals surface area contributed by atoms with E-state index in [1.165, 1.54) is 9.80 Å². The summed E-state index contributed by atoms with van der Waals surface area (Å²) in [5.74, 6) is 2.06. The van der Waals surface area contributed by atoms with Crippen LogP contribution in [0, 0.1) is 6.92 Å². The third-order valence-corrected chi connectivity index (χ3v) is 4.86. The Balaban J connectivity index is 1.95. The Kier molecular flexibility index (Phi) is 3.13. The minimum Gasteiger partial charge on any atom is -0.497 e. The topological polar surface area (TPSA) is 22.4 Å². The van der Waals surface area contributed by atoms with Crippen LogP contribution in [-0.2, 0) is 4.74 Å². The van der Waals surface area contributed by atoms with Crippen molar-refractivity contribution in [1.29, 1.82) is 0 Å². The molecule has 76 valence electrons. The van der Waals surface area contributed by atoms with Gasteiger partial charge in [-0.3, -0.25) is 0 Å². The highest BCUT2D eigenvalue weighted by atomic mass is 33.1. The van der Waals surface area contributed by atoms with Crippen LogP contribution in [0.5, 0.6) is 0 Å². The summed E-state index contributed by atoms with van der Waals surface area (Å²) in [5.41, 5.74) is 0. The first kappa shape index (κ1) is 10.1. The van der Waals surface area contributed by atoms with Crippen LogP contribution in [0.4, 0.5) is 0 Å². The average molecular weight is 228 g/mol. The fraction of sp³-hybridized carbons (Fsp3) is 0.400. The molecule has 14 heavy (non-hydrogen) atoms. The second-order valence-electron chi connectivity index (χ2n) is 3.09. The maximum Gasteiger partial charge on any atom is 0.115 e. The van der Waals surface area contributed by atoms with Crippen LogP contribution in [0.2, 0.25) is 0 Å². The first-order valence-electron chi connectivity index (χ1n) is 4.48. The number of aryl methyl sites for hydroxylation is 1. The van der Waals surface area contributed by atoms with Gasteiger partial charge in [-0.25, -0.2) is 0 Å². The number of rotatable bonds is 3. The summed E-state index contributed by atoms with van der Waals surface area (Å²) in [6.45, 7) is 4.84. The molecule has 0 atom stereocenters. The van der Waals surface area contributed by atoms with E-state index in [-0.39, 0.29) is 0 Å². The predicted molar refractivity (Wildman–Crippen MR) is 60.2 cm³/mol. The van der Waals surface area contributed by atoms with Gasteiger partial charge in [-0.1, -0.05) is 10.8 Å². The van der Waals surface area contributed by atoms with Crippen LogP contribution in [-0.4, -0.2) is 6.61 Å². The Hall–Kier alpha value is -0.480. The summed E-state index contributed by atoms with van der Waals surface area (Å²) in [5, 5.41) is 0. The summed E-state index contributed by atoms with van der Waals surface area (Å²) in [6.07, 6.45) is 2.77. The van der Waals surface area contributed by atoms with Crippen LogP contribution in [0.25, 0.3) is 0 Å². The molecule has 1 aromatic rings. The van der Waals surface area contributed by atoms with Crippen molar-refractivity contribution in [3.63, 3.8) is 0 Å². The molecule has 0 radical (unpaired) electrons. The van der Waals surface area contributed by atoms with E-state index in [1.54, 1.807) is 27.9 Å². The summed E-state index contributed by atoms with van der Waals surface area (Å²) in [6, 6.07) is 2.00. The molecule has 0 N–H and O–H groups in total. The third kappa shape index (κ3) is 2.12. The van der Waals surface area contributed by atoms with Crippen molar-refractivity contribution in [3.05, 3.63) is 28.8 Å². The maximum atomic E-state index is 5.39. The van der Waals surface area contributed by atoms with Crippen molar-refractivity contribution in [3.8, 4) is 0 Å². The van der Waals surface area contributed by atoms with Gasteiger partial charge in [0.25, 0.3) is 0 Å². The van der Waals surface area contributed by atoms with Gasteiger partial charge in [0, 0.05) is 11.3 Å². The van der Waals surface area contributed by atoms with Crippen LogP contribution in [0.1, 0.15) is 19.1 Å². The van der Waals surface area contributed by atoms with Gasteiger partial charge in [-0.15, -0.1) is 0 Å². The molecule has 0 fully saturated rings. The van der Waals surface area contributed by atoms with E-state index in [1.807, 2.05) is 19.9 Å². The lowest BCUT2D eigenvalue weighted by Crippen LogP contribution is -1.76. The van der Waals surface area contributed by atoms with Crippen LogP contribution in [0.15, 0.2) is 32.3 Å². The highest BCUT2D eigenvalue weighted by molar-refractivity contribution is 8.78. The number of furan rings is 1. The average Bonchev–Trinajstić information content (AvgIpc) is 2.72. The zero-order chi connectivity index (χ0) is 9.97. The van der Waals surface area contributed by atoms with Gasteiger partial charge >= 0.3 is 0 Å². The third-order valence-electron chi connectivity index (χ3n) is 2.08. The fourth-order valence-corrected chi connectivity index (χ4v) is 3.71. The van der Waals surface area contributed by atoms with Gasteiger partial charge in [0.2, 0.25) is 0 Å². The van der Waals surface area contributed by atoms with Crippen molar-refractivity contribution in [2.75, 3.05) is 6.61 Å². The molecule has 0 saturated carbocycles.